The molecule has 9 heteroatoms. The van der Waals surface area contributed by atoms with E-state index >= 15 is 0 Å². The molecule has 0 bridgehead atoms. The van der Waals surface area contributed by atoms with E-state index in [1.807, 2.05) is 0 Å². The van der Waals surface area contributed by atoms with Crippen LogP contribution in [0.4, 0.5) is 5.69 Å². The number of rotatable bonds is 7. The molecule has 0 aliphatic carbocycles. The highest BCUT2D eigenvalue weighted by Crippen LogP contribution is 2.20. The van der Waals surface area contributed by atoms with Crippen molar-refractivity contribution in [3.05, 3.63) is 28.2 Å². The summed E-state index contributed by atoms with van der Waals surface area (Å²) in [6, 6.07) is 4.06. The zero-order valence-corrected chi connectivity index (χ0v) is 12.4. The summed E-state index contributed by atoms with van der Waals surface area (Å²) in [6.45, 7) is 0.353. The van der Waals surface area contributed by atoms with Gasteiger partial charge in [0.1, 0.15) is 0 Å². The lowest BCUT2D eigenvalue weighted by Gasteiger charge is -2.10. The number of hydrogen-bond acceptors (Lipinski definition) is 4. The zero-order valence-electron chi connectivity index (χ0n) is 10.0. The SMILES string of the molecule is COCCNS(=O)(=O)Nc1cc(Br)cc(C(=O)O)c1. The van der Waals surface area contributed by atoms with Gasteiger partial charge in [-0.25, -0.2) is 4.79 Å². The fraction of sp³-hybridized carbons (Fsp3) is 0.300. The summed E-state index contributed by atoms with van der Waals surface area (Å²) < 4.78 is 32.9. The normalized spacial score (nSPS) is 11.3. The van der Waals surface area contributed by atoms with Crippen LogP contribution in [-0.2, 0) is 14.9 Å². The summed E-state index contributed by atoms with van der Waals surface area (Å²) in [6.07, 6.45) is 0. The van der Waals surface area contributed by atoms with E-state index in [9.17, 15) is 13.2 Å². The van der Waals surface area contributed by atoms with Crippen LogP contribution in [0.3, 0.4) is 0 Å². The third-order valence-electron chi connectivity index (χ3n) is 2.00. The van der Waals surface area contributed by atoms with E-state index in [1.165, 1.54) is 25.3 Å². The highest BCUT2D eigenvalue weighted by atomic mass is 79.9. The molecule has 19 heavy (non-hydrogen) atoms. The number of methoxy groups -OCH3 is 1. The molecule has 3 N–H and O–H groups in total. The Balaban J connectivity index is 2.84. The minimum absolute atomic E-state index is 0.0241. The second-order valence-electron chi connectivity index (χ2n) is 3.53. The van der Waals surface area contributed by atoms with Gasteiger partial charge in [0.15, 0.2) is 0 Å². The molecule has 0 saturated heterocycles. The second kappa shape index (κ2) is 6.85. The molecule has 0 radical (unpaired) electrons. The van der Waals surface area contributed by atoms with Crippen LogP contribution < -0.4 is 9.44 Å². The van der Waals surface area contributed by atoms with E-state index in [1.54, 1.807) is 0 Å². The van der Waals surface area contributed by atoms with Crippen molar-refractivity contribution in [3.8, 4) is 0 Å². The standard InChI is InChI=1S/C10H13BrN2O5S/c1-18-3-2-12-19(16,17)13-9-5-7(10(14)15)4-8(11)6-9/h4-6,12-13H,2-3H2,1H3,(H,14,15). The minimum Gasteiger partial charge on any atom is -0.478 e. The summed E-state index contributed by atoms with van der Waals surface area (Å²) >= 11 is 3.11. The topological polar surface area (TPSA) is 105 Å². The van der Waals surface area contributed by atoms with Gasteiger partial charge in [-0.3, -0.25) is 4.72 Å². The summed E-state index contributed by atoms with van der Waals surface area (Å²) in [7, 11) is -2.31. The van der Waals surface area contributed by atoms with Gasteiger partial charge in [0.2, 0.25) is 0 Å². The van der Waals surface area contributed by atoms with Gasteiger partial charge in [0.05, 0.1) is 17.9 Å². The van der Waals surface area contributed by atoms with Gasteiger partial charge in [-0.15, -0.1) is 0 Å². The highest BCUT2D eigenvalue weighted by molar-refractivity contribution is 9.10. The lowest BCUT2D eigenvalue weighted by atomic mass is 10.2. The molecule has 0 fully saturated rings. The molecule has 0 atom stereocenters. The quantitative estimate of drug-likeness (QED) is 0.636. The number of aromatic carboxylic acids is 1. The molecule has 0 aromatic heterocycles. The number of ether oxygens (including phenoxy) is 1. The maximum absolute atomic E-state index is 11.6. The van der Waals surface area contributed by atoms with Crippen LogP contribution in [0.15, 0.2) is 22.7 Å². The van der Waals surface area contributed by atoms with E-state index < -0.39 is 16.2 Å². The van der Waals surface area contributed by atoms with Crippen molar-refractivity contribution in [1.29, 1.82) is 0 Å². The van der Waals surface area contributed by atoms with Crippen molar-refractivity contribution in [2.75, 3.05) is 25.0 Å². The van der Waals surface area contributed by atoms with Crippen molar-refractivity contribution in [3.63, 3.8) is 0 Å². The van der Waals surface area contributed by atoms with Crippen LogP contribution in [0, 0.1) is 0 Å². The van der Waals surface area contributed by atoms with Crippen molar-refractivity contribution >= 4 is 37.8 Å². The van der Waals surface area contributed by atoms with Gasteiger partial charge < -0.3 is 9.84 Å². The van der Waals surface area contributed by atoms with Crippen LogP contribution in [0.1, 0.15) is 10.4 Å². The van der Waals surface area contributed by atoms with E-state index in [4.69, 9.17) is 9.84 Å². The fourth-order valence-corrected chi connectivity index (χ4v) is 2.59. The van der Waals surface area contributed by atoms with Crippen molar-refractivity contribution in [2.24, 2.45) is 0 Å². The number of carboxylic acids is 1. The van der Waals surface area contributed by atoms with Gasteiger partial charge in [0, 0.05) is 18.1 Å². The largest absolute Gasteiger partial charge is 0.478 e. The third kappa shape index (κ3) is 5.55. The monoisotopic (exact) mass is 352 g/mol. The third-order valence-corrected chi connectivity index (χ3v) is 3.54. The molecular weight excluding hydrogens is 340 g/mol. The number of benzene rings is 1. The van der Waals surface area contributed by atoms with Crippen molar-refractivity contribution in [2.45, 2.75) is 0 Å². The Bertz CT molecular complexity index is 561. The smallest absolute Gasteiger partial charge is 0.335 e. The number of anilines is 1. The maximum atomic E-state index is 11.6. The van der Waals surface area contributed by atoms with E-state index in [0.29, 0.717) is 4.47 Å². The summed E-state index contributed by atoms with van der Waals surface area (Å²) in [5.41, 5.74) is 0.126. The molecule has 0 saturated carbocycles. The first-order valence-electron chi connectivity index (χ1n) is 5.14. The average Bonchev–Trinajstić information content (AvgIpc) is 2.27. The molecule has 7 nitrogen and oxygen atoms in total. The summed E-state index contributed by atoms with van der Waals surface area (Å²) in [4.78, 5) is 10.9. The molecule has 0 heterocycles. The Morgan fingerprint density at radius 2 is 2.11 bits per heavy atom. The van der Waals surface area contributed by atoms with Crippen molar-refractivity contribution < 1.29 is 23.1 Å². The summed E-state index contributed by atoms with van der Waals surface area (Å²) in [5.74, 6) is -1.14. The Labute approximate surface area is 119 Å². The first-order valence-corrected chi connectivity index (χ1v) is 7.42. The number of carbonyl (C=O) groups is 1. The van der Waals surface area contributed by atoms with Gasteiger partial charge in [0.25, 0.3) is 10.2 Å². The Morgan fingerprint density at radius 3 is 2.68 bits per heavy atom. The fourth-order valence-electron chi connectivity index (χ4n) is 1.24. The van der Waals surface area contributed by atoms with Crippen molar-refractivity contribution in [1.82, 2.24) is 4.72 Å². The predicted octanol–water partition coefficient (Wildman–Crippen LogP) is 1.04. The highest BCUT2D eigenvalue weighted by Gasteiger charge is 2.12. The first-order chi connectivity index (χ1) is 8.84. The Morgan fingerprint density at radius 1 is 1.42 bits per heavy atom. The second-order valence-corrected chi connectivity index (χ2v) is 5.94. The lowest BCUT2D eigenvalue weighted by Crippen LogP contribution is -2.32. The van der Waals surface area contributed by atoms with Crippen LogP contribution in [0.2, 0.25) is 0 Å². The molecule has 0 spiro atoms. The molecule has 0 unspecified atom stereocenters. The van der Waals surface area contributed by atoms with Gasteiger partial charge >= 0.3 is 5.97 Å². The van der Waals surface area contributed by atoms with Gasteiger partial charge in [-0.1, -0.05) is 15.9 Å². The molecule has 0 aliphatic heterocycles. The average molecular weight is 353 g/mol. The summed E-state index contributed by atoms with van der Waals surface area (Å²) in [5, 5.41) is 8.88. The Kier molecular flexibility index (Phi) is 5.73. The molecule has 1 aromatic rings. The molecule has 0 aliphatic rings. The molecular formula is C10H13BrN2O5S. The van der Waals surface area contributed by atoms with E-state index in [0.717, 1.165) is 0 Å². The van der Waals surface area contributed by atoms with Gasteiger partial charge in [-0.2, -0.15) is 13.1 Å². The molecule has 1 aromatic carbocycles. The lowest BCUT2D eigenvalue weighted by molar-refractivity contribution is 0.0697. The van der Waals surface area contributed by atoms with Crippen LogP contribution in [-0.4, -0.2) is 39.8 Å². The van der Waals surface area contributed by atoms with E-state index in [2.05, 4.69) is 25.4 Å². The van der Waals surface area contributed by atoms with Gasteiger partial charge in [-0.05, 0) is 18.2 Å². The molecule has 1 rings (SSSR count). The predicted molar refractivity (Wildman–Crippen MR) is 73.5 cm³/mol. The van der Waals surface area contributed by atoms with E-state index in [-0.39, 0.29) is 24.4 Å². The first kappa shape index (κ1) is 15.9. The van der Waals surface area contributed by atoms with Crippen LogP contribution in [0.25, 0.3) is 0 Å². The number of nitrogens with one attached hydrogen (secondary N) is 2. The number of hydrogen-bond donors (Lipinski definition) is 3. The molecule has 0 amide bonds. The number of halogens is 1. The maximum Gasteiger partial charge on any atom is 0.335 e. The zero-order chi connectivity index (χ0) is 14.5. The Hall–Kier alpha value is -1.16. The minimum atomic E-state index is -3.76. The van der Waals surface area contributed by atoms with Crippen LogP contribution >= 0.6 is 15.9 Å². The molecule has 106 valence electrons. The number of carboxylic acid groups (broad SMARTS) is 1. The van der Waals surface area contributed by atoms with Crippen LogP contribution in [0.5, 0.6) is 0 Å².